The van der Waals surface area contributed by atoms with Crippen LogP contribution in [0.1, 0.15) is 10.6 Å². The fraction of sp³-hybridized carbons (Fsp3) is 0. The van der Waals surface area contributed by atoms with Gasteiger partial charge in [0.15, 0.2) is 10.8 Å². The highest BCUT2D eigenvalue weighted by Gasteiger charge is 2.08. The molecule has 0 saturated carbocycles. The topological polar surface area (TPSA) is 136 Å². The summed E-state index contributed by atoms with van der Waals surface area (Å²) in [5.74, 6) is -0.533. The van der Waals surface area contributed by atoms with Crippen molar-refractivity contribution < 1.29 is 14.2 Å². The predicted molar refractivity (Wildman–Crippen MR) is 74.5 cm³/mol. The van der Waals surface area contributed by atoms with E-state index >= 15 is 0 Å². The number of nitro groups is 1. The number of furan rings is 1. The van der Waals surface area contributed by atoms with Crippen molar-refractivity contribution in [3.8, 4) is 0 Å². The molecule has 0 aliphatic heterocycles. The summed E-state index contributed by atoms with van der Waals surface area (Å²) in [6.07, 6.45) is 1.40. The van der Waals surface area contributed by atoms with Crippen LogP contribution in [-0.2, 0) is 0 Å². The second kappa shape index (κ2) is 6.19. The number of nitrogens with two attached hydrogens (primary N) is 1. The first-order valence-electron chi connectivity index (χ1n) is 5.75. The molecule has 1 heterocycles. The van der Waals surface area contributed by atoms with Gasteiger partial charge in [-0.3, -0.25) is 4.79 Å². The number of benzene rings is 1. The molecule has 0 bridgehead atoms. The molecule has 0 saturated heterocycles. The van der Waals surface area contributed by atoms with Gasteiger partial charge in [0.05, 0.1) is 12.0 Å². The molecule has 0 aliphatic rings. The zero-order chi connectivity index (χ0) is 15.2. The smallest absolute Gasteiger partial charge is 0.291 e. The Bertz CT molecular complexity index is 663. The van der Waals surface area contributed by atoms with Crippen LogP contribution in [-0.4, -0.2) is 16.9 Å². The Morgan fingerprint density at radius 1 is 1.29 bits per heavy atom. The van der Waals surface area contributed by atoms with Crippen LogP contribution in [0.15, 0.2) is 52.1 Å². The Morgan fingerprint density at radius 2 is 2.00 bits per heavy atom. The Balaban J connectivity index is 2.02. The van der Waals surface area contributed by atoms with Crippen molar-refractivity contribution in [1.29, 1.82) is 0 Å². The highest BCUT2D eigenvalue weighted by Crippen LogP contribution is 2.17. The molecule has 0 spiro atoms. The first-order valence-corrected chi connectivity index (χ1v) is 5.75. The number of hydrogen-bond acceptors (Lipinski definition) is 5. The molecule has 1 amide bonds. The van der Waals surface area contributed by atoms with Gasteiger partial charge in [-0.2, -0.15) is 0 Å². The summed E-state index contributed by atoms with van der Waals surface area (Å²) >= 11 is 0. The van der Waals surface area contributed by atoms with Crippen molar-refractivity contribution in [1.82, 2.24) is 5.43 Å². The Hall–Kier alpha value is -3.36. The zero-order valence-electron chi connectivity index (χ0n) is 10.6. The molecule has 0 fully saturated rings. The van der Waals surface area contributed by atoms with Gasteiger partial charge >= 0.3 is 0 Å². The van der Waals surface area contributed by atoms with E-state index < -0.39 is 5.03 Å². The van der Waals surface area contributed by atoms with Gasteiger partial charge in [-0.15, -0.1) is 0 Å². The van der Waals surface area contributed by atoms with Crippen LogP contribution in [0.5, 0.6) is 0 Å². The van der Waals surface area contributed by atoms with Crippen molar-refractivity contribution in [3.63, 3.8) is 0 Å². The van der Waals surface area contributed by atoms with Gasteiger partial charge in [-0.25, -0.2) is 15.1 Å². The lowest BCUT2D eigenvalue weighted by atomic mass is 10.3. The minimum absolute atomic E-state index is 0.191. The maximum absolute atomic E-state index is 11.7. The molecule has 21 heavy (non-hydrogen) atoms. The normalized spacial score (nSPS) is 11.0. The first kappa shape index (κ1) is 14.1. The minimum Gasteiger partial charge on any atom is -0.459 e. The van der Waals surface area contributed by atoms with E-state index in [1.807, 2.05) is 0 Å². The molecule has 0 radical (unpaired) electrons. The number of nitrogens with zero attached hydrogens (tertiary/aromatic N) is 2. The van der Waals surface area contributed by atoms with Crippen molar-refractivity contribution in [2.45, 2.75) is 0 Å². The SMILES string of the molecule is NC(=Nc1ccc(NC(=O)c2ccco2)cc1)N[N+](=O)[O-]. The lowest BCUT2D eigenvalue weighted by molar-refractivity contribution is -0.525. The number of hydrazine groups is 1. The van der Waals surface area contributed by atoms with Crippen LogP contribution < -0.4 is 16.5 Å². The third kappa shape index (κ3) is 4.06. The largest absolute Gasteiger partial charge is 0.459 e. The Labute approximate surface area is 118 Å². The number of hydrogen-bond donors (Lipinski definition) is 3. The van der Waals surface area contributed by atoms with Crippen LogP contribution in [0.2, 0.25) is 0 Å². The van der Waals surface area contributed by atoms with E-state index in [4.69, 9.17) is 10.2 Å². The van der Waals surface area contributed by atoms with Gasteiger partial charge in [-0.1, -0.05) is 5.43 Å². The van der Waals surface area contributed by atoms with Crippen LogP contribution in [0.3, 0.4) is 0 Å². The maximum Gasteiger partial charge on any atom is 0.291 e. The van der Waals surface area contributed by atoms with E-state index in [2.05, 4.69) is 10.3 Å². The van der Waals surface area contributed by atoms with E-state index in [1.54, 1.807) is 35.8 Å². The van der Waals surface area contributed by atoms with Crippen molar-refractivity contribution in [2.75, 3.05) is 5.32 Å². The van der Waals surface area contributed by atoms with Gasteiger partial charge in [0.2, 0.25) is 0 Å². The van der Waals surface area contributed by atoms with E-state index in [-0.39, 0.29) is 17.6 Å². The number of rotatable bonds is 4. The summed E-state index contributed by atoms with van der Waals surface area (Å²) in [6.45, 7) is 0. The summed E-state index contributed by atoms with van der Waals surface area (Å²) in [5.41, 5.74) is 7.95. The van der Waals surface area contributed by atoms with E-state index in [9.17, 15) is 14.9 Å². The molecule has 9 nitrogen and oxygen atoms in total. The third-order valence-electron chi connectivity index (χ3n) is 2.33. The predicted octanol–water partition coefficient (Wildman–Crippen LogP) is 1.26. The van der Waals surface area contributed by atoms with E-state index in [1.165, 1.54) is 12.3 Å². The average molecular weight is 289 g/mol. The molecule has 2 rings (SSSR count). The summed E-state index contributed by atoms with van der Waals surface area (Å²) < 4.78 is 4.96. The molecule has 0 unspecified atom stereocenters. The fourth-order valence-corrected chi connectivity index (χ4v) is 1.48. The van der Waals surface area contributed by atoms with Gasteiger partial charge in [-0.05, 0) is 36.4 Å². The number of carbonyl (C=O) groups excluding carboxylic acids is 1. The lowest BCUT2D eigenvalue weighted by Crippen LogP contribution is -2.35. The molecule has 108 valence electrons. The zero-order valence-corrected chi connectivity index (χ0v) is 10.6. The Morgan fingerprint density at radius 3 is 2.57 bits per heavy atom. The lowest BCUT2D eigenvalue weighted by Gasteiger charge is -2.03. The molecule has 0 atom stereocenters. The highest BCUT2D eigenvalue weighted by atomic mass is 16.7. The fourth-order valence-electron chi connectivity index (χ4n) is 1.48. The molecule has 1 aromatic carbocycles. The molecule has 9 heteroatoms. The van der Waals surface area contributed by atoms with Gasteiger partial charge in [0.25, 0.3) is 11.9 Å². The molecular formula is C12H11N5O4. The van der Waals surface area contributed by atoms with Crippen LogP contribution >= 0.6 is 0 Å². The van der Waals surface area contributed by atoms with Gasteiger partial charge in [0.1, 0.15) is 0 Å². The Kier molecular flexibility index (Phi) is 4.14. The first-order chi connectivity index (χ1) is 10.0. The summed E-state index contributed by atoms with van der Waals surface area (Å²) in [7, 11) is 0. The third-order valence-corrected chi connectivity index (χ3v) is 2.33. The number of nitrogens with one attached hydrogen (secondary N) is 2. The van der Waals surface area contributed by atoms with Crippen LogP contribution in [0, 0.1) is 10.1 Å². The number of aliphatic imine (C=N–C) groups is 1. The standard InChI is InChI=1S/C12H11N5O4/c13-12(16-17(19)20)15-9-5-3-8(4-6-9)14-11(18)10-2-1-7-21-10/h1-7H,(H,14,18)(H3,13,15,16). The summed E-state index contributed by atoms with van der Waals surface area (Å²) in [6, 6.07) is 9.41. The average Bonchev–Trinajstić information content (AvgIpc) is 2.94. The molecule has 2 aromatic rings. The molecule has 0 aliphatic carbocycles. The number of amides is 1. The van der Waals surface area contributed by atoms with Crippen molar-refractivity contribution in [3.05, 3.63) is 58.5 Å². The van der Waals surface area contributed by atoms with E-state index in [0.717, 1.165) is 0 Å². The van der Waals surface area contributed by atoms with E-state index in [0.29, 0.717) is 11.4 Å². The number of carbonyl (C=O) groups is 1. The quantitative estimate of drug-likeness (QED) is 0.335. The molecule has 4 N–H and O–H groups in total. The van der Waals surface area contributed by atoms with Crippen molar-refractivity contribution in [2.24, 2.45) is 10.7 Å². The second-order valence-electron chi connectivity index (χ2n) is 3.84. The van der Waals surface area contributed by atoms with Gasteiger partial charge < -0.3 is 15.5 Å². The van der Waals surface area contributed by atoms with Crippen LogP contribution in [0.4, 0.5) is 11.4 Å². The molecule has 1 aromatic heterocycles. The second-order valence-corrected chi connectivity index (χ2v) is 3.84. The van der Waals surface area contributed by atoms with Crippen molar-refractivity contribution >= 4 is 23.2 Å². The maximum atomic E-state index is 11.7. The number of guanidine groups is 1. The summed E-state index contributed by atoms with van der Waals surface area (Å²) in [5, 5.41) is 12.0. The summed E-state index contributed by atoms with van der Waals surface area (Å²) in [4.78, 5) is 25.7. The highest BCUT2D eigenvalue weighted by molar-refractivity contribution is 6.02. The minimum atomic E-state index is -0.809. The van der Waals surface area contributed by atoms with Gasteiger partial charge in [0, 0.05) is 5.69 Å². The van der Waals surface area contributed by atoms with Crippen LogP contribution in [0.25, 0.3) is 0 Å². The monoisotopic (exact) mass is 289 g/mol. The molecular weight excluding hydrogens is 278 g/mol. The number of anilines is 1.